The molecule has 4 saturated carbocycles. The highest BCUT2D eigenvalue weighted by Gasteiger charge is 2.54. The third kappa shape index (κ3) is 1.91. The molecule has 0 saturated heterocycles. The molecule has 4 aliphatic rings. The van der Waals surface area contributed by atoms with Crippen molar-refractivity contribution in [2.75, 3.05) is 5.32 Å². The lowest BCUT2D eigenvalue weighted by atomic mass is 9.49. The van der Waals surface area contributed by atoms with Gasteiger partial charge < -0.3 is 10.4 Å². The zero-order valence-corrected chi connectivity index (χ0v) is 11.6. The van der Waals surface area contributed by atoms with Gasteiger partial charge in [0.1, 0.15) is 5.75 Å². The fourth-order valence-corrected chi connectivity index (χ4v) is 5.20. The van der Waals surface area contributed by atoms with E-state index in [0.29, 0.717) is 0 Å². The van der Waals surface area contributed by atoms with Gasteiger partial charge in [0, 0.05) is 5.69 Å². The van der Waals surface area contributed by atoms with Gasteiger partial charge in [-0.25, -0.2) is 0 Å². The highest BCUT2D eigenvalue weighted by atomic mass is 16.3. The summed E-state index contributed by atoms with van der Waals surface area (Å²) in [6.45, 7) is 0. The van der Waals surface area contributed by atoms with Crippen LogP contribution in [0.2, 0.25) is 0 Å². The molecule has 0 aliphatic heterocycles. The molecule has 2 N–H and O–H groups in total. The topological polar surface area (TPSA) is 49.3 Å². The van der Waals surface area contributed by atoms with E-state index in [9.17, 15) is 9.90 Å². The van der Waals surface area contributed by atoms with Crippen LogP contribution in [0.3, 0.4) is 0 Å². The summed E-state index contributed by atoms with van der Waals surface area (Å²) in [7, 11) is 0. The van der Waals surface area contributed by atoms with Crippen molar-refractivity contribution in [1.82, 2.24) is 0 Å². The summed E-state index contributed by atoms with van der Waals surface area (Å²) in [5, 5.41) is 12.4. The van der Waals surface area contributed by atoms with E-state index < -0.39 is 0 Å². The fourth-order valence-electron chi connectivity index (χ4n) is 5.20. The molecule has 4 fully saturated rings. The van der Waals surface area contributed by atoms with Crippen LogP contribution in [0.15, 0.2) is 24.3 Å². The van der Waals surface area contributed by atoms with Crippen LogP contribution >= 0.6 is 0 Å². The molecule has 1 amide bonds. The molecule has 5 rings (SSSR count). The second-order valence-corrected chi connectivity index (χ2v) is 7.20. The van der Waals surface area contributed by atoms with Crippen LogP contribution < -0.4 is 5.32 Å². The van der Waals surface area contributed by atoms with E-state index >= 15 is 0 Å². The number of hydrogen-bond donors (Lipinski definition) is 2. The molecule has 1 aromatic rings. The maximum Gasteiger partial charge on any atom is 0.230 e. The van der Waals surface area contributed by atoms with E-state index in [2.05, 4.69) is 5.32 Å². The van der Waals surface area contributed by atoms with Gasteiger partial charge in [-0.3, -0.25) is 4.79 Å². The zero-order chi connectivity index (χ0) is 13.7. The van der Waals surface area contributed by atoms with Crippen molar-refractivity contribution in [3.63, 3.8) is 0 Å². The minimum Gasteiger partial charge on any atom is -0.508 e. The van der Waals surface area contributed by atoms with Gasteiger partial charge in [0.25, 0.3) is 0 Å². The highest BCUT2D eigenvalue weighted by molar-refractivity contribution is 5.95. The molecule has 0 aromatic heterocycles. The molecule has 0 heterocycles. The number of anilines is 1. The predicted octanol–water partition coefficient (Wildman–Crippen LogP) is 3.55. The Bertz CT molecular complexity index is 499. The quantitative estimate of drug-likeness (QED) is 0.808. The van der Waals surface area contributed by atoms with Gasteiger partial charge >= 0.3 is 0 Å². The summed E-state index contributed by atoms with van der Waals surface area (Å²) < 4.78 is 0. The number of carbonyl (C=O) groups is 1. The molecule has 20 heavy (non-hydrogen) atoms. The molecule has 0 unspecified atom stereocenters. The van der Waals surface area contributed by atoms with Crippen LogP contribution in [0.5, 0.6) is 5.75 Å². The number of carbonyl (C=O) groups excluding carboxylic acids is 1. The molecule has 4 bridgehead atoms. The molecular weight excluding hydrogens is 250 g/mol. The largest absolute Gasteiger partial charge is 0.508 e. The first-order valence-corrected chi connectivity index (χ1v) is 7.73. The third-order valence-electron chi connectivity index (χ3n) is 5.65. The first kappa shape index (κ1) is 12.2. The first-order valence-electron chi connectivity index (χ1n) is 7.73. The summed E-state index contributed by atoms with van der Waals surface area (Å²) >= 11 is 0. The van der Waals surface area contributed by atoms with Crippen molar-refractivity contribution in [3.05, 3.63) is 24.3 Å². The minimum atomic E-state index is -0.105. The van der Waals surface area contributed by atoms with E-state index in [-0.39, 0.29) is 17.1 Å². The summed E-state index contributed by atoms with van der Waals surface area (Å²) in [5.41, 5.74) is 0.690. The molecule has 4 aliphatic carbocycles. The third-order valence-corrected chi connectivity index (χ3v) is 5.65. The number of benzene rings is 1. The number of hydrogen-bond acceptors (Lipinski definition) is 2. The molecule has 1 aromatic carbocycles. The van der Waals surface area contributed by atoms with Gasteiger partial charge in [0.15, 0.2) is 0 Å². The van der Waals surface area contributed by atoms with Gasteiger partial charge in [0.2, 0.25) is 5.91 Å². The van der Waals surface area contributed by atoms with Crippen LogP contribution in [-0.4, -0.2) is 11.0 Å². The number of rotatable bonds is 2. The minimum absolute atomic E-state index is 0.105. The Kier molecular flexibility index (Phi) is 2.60. The Morgan fingerprint density at radius 1 is 1.00 bits per heavy atom. The molecule has 0 spiro atoms. The predicted molar refractivity (Wildman–Crippen MR) is 77.3 cm³/mol. The molecule has 0 atom stereocenters. The van der Waals surface area contributed by atoms with E-state index in [1.54, 1.807) is 24.3 Å². The van der Waals surface area contributed by atoms with Crippen LogP contribution in [0.1, 0.15) is 38.5 Å². The molecule has 106 valence electrons. The van der Waals surface area contributed by atoms with Crippen molar-refractivity contribution in [2.45, 2.75) is 38.5 Å². The monoisotopic (exact) mass is 271 g/mol. The van der Waals surface area contributed by atoms with Crippen LogP contribution in [-0.2, 0) is 4.79 Å². The van der Waals surface area contributed by atoms with Gasteiger partial charge in [0.05, 0.1) is 5.41 Å². The average Bonchev–Trinajstić information content (AvgIpc) is 2.40. The van der Waals surface area contributed by atoms with E-state index in [1.165, 1.54) is 19.3 Å². The standard InChI is InChI=1S/C17H21NO2/c19-15-3-1-14(2-4-15)18-16(20)17-8-11-5-12(9-17)7-13(6-11)10-17/h1-4,11-13,19H,5-10H2,(H,18,20). The lowest BCUT2D eigenvalue weighted by Crippen LogP contribution is -2.51. The Labute approximate surface area is 119 Å². The van der Waals surface area contributed by atoms with Crippen molar-refractivity contribution in [2.24, 2.45) is 23.2 Å². The van der Waals surface area contributed by atoms with Crippen molar-refractivity contribution >= 4 is 11.6 Å². The first-order chi connectivity index (χ1) is 9.63. The van der Waals surface area contributed by atoms with Crippen molar-refractivity contribution in [3.8, 4) is 5.75 Å². The molecular formula is C17H21NO2. The highest BCUT2D eigenvalue weighted by Crippen LogP contribution is 2.60. The smallest absolute Gasteiger partial charge is 0.230 e. The van der Waals surface area contributed by atoms with Gasteiger partial charge in [-0.2, -0.15) is 0 Å². The van der Waals surface area contributed by atoms with Crippen molar-refractivity contribution < 1.29 is 9.90 Å². The van der Waals surface area contributed by atoms with Crippen molar-refractivity contribution in [1.29, 1.82) is 0 Å². The summed E-state index contributed by atoms with van der Waals surface area (Å²) in [6.07, 6.45) is 7.32. The zero-order valence-electron chi connectivity index (χ0n) is 11.6. The summed E-state index contributed by atoms with van der Waals surface area (Å²) in [5.74, 6) is 2.80. The maximum atomic E-state index is 12.8. The Balaban J connectivity index is 1.54. The normalized spacial score (nSPS) is 37.9. The number of nitrogens with one attached hydrogen (secondary N) is 1. The van der Waals surface area contributed by atoms with E-state index in [0.717, 1.165) is 42.7 Å². The maximum absolute atomic E-state index is 12.8. The SMILES string of the molecule is O=C(Nc1ccc(O)cc1)C12CC3CC(CC(C3)C1)C2. The number of phenols is 1. The average molecular weight is 271 g/mol. The second-order valence-electron chi connectivity index (χ2n) is 7.20. The lowest BCUT2D eigenvalue weighted by Gasteiger charge is -2.55. The fraction of sp³-hybridized carbons (Fsp3) is 0.588. The van der Waals surface area contributed by atoms with E-state index in [4.69, 9.17) is 0 Å². The number of aromatic hydroxyl groups is 1. The van der Waals surface area contributed by atoms with Gasteiger partial charge in [-0.05, 0) is 80.5 Å². The molecule has 3 nitrogen and oxygen atoms in total. The molecule has 3 heteroatoms. The van der Waals surface area contributed by atoms with Crippen LogP contribution in [0.25, 0.3) is 0 Å². The van der Waals surface area contributed by atoms with Gasteiger partial charge in [-0.1, -0.05) is 0 Å². The number of amides is 1. The molecule has 0 radical (unpaired) electrons. The summed E-state index contributed by atoms with van der Waals surface area (Å²) in [4.78, 5) is 12.8. The second kappa shape index (κ2) is 4.24. The summed E-state index contributed by atoms with van der Waals surface area (Å²) in [6, 6.07) is 6.78. The Hall–Kier alpha value is -1.51. The Morgan fingerprint density at radius 2 is 1.50 bits per heavy atom. The Morgan fingerprint density at radius 3 is 2.00 bits per heavy atom. The van der Waals surface area contributed by atoms with Crippen LogP contribution in [0, 0.1) is 23.2 Å². The van der Waals surface area contributed by atoms with E-state index in [1.807, 2.05) is 0 Å². The van der Waals surface area contributed by atoms with Crippen LogP contribution in [0.4, 0.5) is 5.69 Å². The number of phenolic OH excluding ortho intramolecular Hbond substituents is 1. The lowest BCUT2D eigenvalue weighted by molar-refractivity contribution is -0.140. The van der Waals surface area contributed by atoms with Gasteiger partial charge in [-0.15, -0.1) is 0 Å².